The number of carbonyl (C=O) groups is 1. The molecule has 0 fully saturated rings. The maximum absolute atomic E-state index is 11.0. The fourth-order valence-corrected chi connectivity index (χ4v) is 2.10. The van der Waals surface area contributed by atoms with E-state index in [1.807, 2.05) is 0 Å². The van der Waals surface area contributed by atoms with Gasteiger partial charge >= 0.3 is 16.1 Å². The van der Waals surface area contributed by atoms with E-state index in [4.69, 9.17) is 14.0 Å². The zero-order valence-electron chi connectivity index (χ0n) is 8.86. The van der Waals surface area contributed by atoms with E-state index >= 15 is 0 Å². The molecule has 0 aromatic carbocycles. The van der Waals surface area contributed by atoms with Crippen LogP contribution in [0, 0.1) is 0 Å². The van der Waals surface area contributed by atoms with Crippen LogP contribution in [0.25, 0.3) is 0 Å². The van der Waals surface area contributed by atoms with Crippen molar-refractivity contribution >= 4 is 16.1 Å². The second-order valence-electron chi connectivity index (χ2n) is 3.51. The molecule has 1 aromatic rings. The van der Waals surface area contributed by atoms with Crippen molar-refractivity contribution in [1.82, 2.24) is 9.78 Å². The summed E-state index contributed by atoms with van der Waals surface area (Å²) in [5, 5.41) is 3.74. The Bertz CT molecular complexity index is 548. The van der Waals surface area contributed by atoms with Gasteiger partial charge in [0.1, 0.15) is 6.61 Å². The average Bonchev–Trinajstić information content (AvgIpc) is 2.58. The molecule has 1 atom stereocenters. The molecule has 0 amide bonds. The molecule has 1 aliphatic rings. The Balaban J connectivity index is 2.25. The number of fused-ring (bicyclic) bond motifs is 1. The summed E-state index contributed by atoms with van der Waals surface area (Å²) < 4.78 is 42.1. The van der Waals surface area contributed by atoms with Gasteiger partial charge in [-0.2, -0.15) is 13.5 Å². The molecule has 2 heterocycles. The number of ether oxygens (including phenoxy) is 2. The van der Waals surface area contributed by atoms with E-state index in [-0.39, 0.29) is 19.0 Å². The molecule has 0 saturated heterocycles. The van der Waals surface area contributed by atoms with Gasteiger partial charge in [0.15, 0.2) is 11.0 Å². The van der Waals surface area contributed by atoms with Crippen LogP contribution in [0.15, 0.2) is 11.1 Å². The molecular weight excluding hydrogens is 252 g/mol. The van der Waals surface area contributed by atoms with Crippen molar-refractivity contribution in [2.75, 3.05) is 6.61 Å². The van der Waals surface area contributed by atoms with E-state index in [0.717, 1.165) is 6.20 Å². The fourth-order valence-electron chi connectivity index (χ4n) is 1.53. The first-order valence-electron chi connectivity index (χ1n) is 4.71. The van der Waals surface area contributed by atoms with E-state index in [1.165, 1.54) is 11.6 Å². The zero-order valence-corrected chi connectivity index (χ0v) is 9.68. The van der Waals surface area contributed by atoms with E-state index in [1.54, 1.807) is 0 Å². The van der Waals surface area contributed by atoms with Crippen LogP contribution >= 0.6 is 0 Å². The highest BCUT2D eigenvalue weighted by Crippen LogP contribution is 2.26. The van der Waals surface area contributed by atoms with Crippen molar-refractivity contribution in [3.63, 3.8) is 0 Å². The number of carbonyl (C=O) groups excluding carboxylic acids is 1. The molecule has 1 unspecified atom stereocenters. The third kappa shape index (κ3) is 2.39. The van der Waals surface area contributed by atoms with Gasteiger partial charge in [-0.05, 0) is 0 Å². The molecule has 1 N–H and O–H groups in total. The average molecular weight is 262 g/mol. The van der Waals surface area contributed by atoms with Gasteiger partial charge in [-0.3, -0.25) is 9.35 Å². The molecule has 9 heteroatoms. The van der Waals surface area contributed by atoms with E-state index in [2.05, 4.69) is 5.10 Å². The van der Waals surface area contributed by atoms with Gasteiger partial charge in [0.05, 0.1) is 12.7 Å². The lowest BCUT2D eigenvalue weighted by molar-refractivity contribution is -0.150. The van der Waals surface area contributed by atoms with Crippen LogP contribution in [0.4, 0.5) is 0 Å². The number of hydrogen-bond donors (Lipinski definition) is 1. The quantitative estimate of drug-likeness (QED) is 0.563. The third-order valence-corrected chi connectivity index (χ3v) is 2.99. The standard InChI is InChI=1S/C8H10N2O6S/c1-5(11)16-6-3-10-8(15-4-6)7(2-9-10)17(12,13)14/h2,6H,3-4H2,1H3,(H,12,13,14). The Morgan fingerprint density at radius 2 is 2.41 bits per heavy atom. The summed E-state index contributed by atoms with van der Waals surface area (Å²) in [6.07, 6.45) is 0.468. The number of nitrogens with zero attached hydrogens (tertiary/aromatic N) is 2. The van der Waals surface area contributed by atoms with Crippen LogP contribution in [0.2, 0.25) is 0 Å². The topological polar surface area (TPSA) is 108 Å². The van der Waals surface area contributed by atoms with Gasteiger partial charge in [-0.1, -0.05) is 0 Å². The predicted molar refractivity (Wildman–Crippen MR) is 53.1 cm³/mol. The summed E-state index contributed by atoms with van der Waals surface area (Å²) in [5.41, 5.74) is 0. The SMILES string of the molecule is CC(=O)OC1COc2c(S(=O)(=O)O)cnn2C1. The molecule has 1 aliphatic heterocycles. The minimum atomic E-state index is -4.36. The first-order chi connectivity index (χ1) is 7.88. The van der Waals surface area contributed by atoms with Crippen LogP contribution in [0.5, 0.6) is 5.88 Å². The van der Waals surface area contributed by atoms with E-state index in [0.29, 0.717) is 0 Å². The van der Waals surface area contributed by atoms with Gasteiger partial charge in [-0.15, -0.1) is 0 Å². The second-order valence-corrected chi connectivity index (χ2v) is 4.90. The van der Waals surface area contributed by atoms with Crippen molar-refractivity contribution in [1.29, 1.82) is 0 Å². The largest absolute Gasteiger partial charge is 0.473 e. The highest BCUT2D eigenvalue weighted by molar-refractivity contribution is 7.86. The lowest BCUT2D eigenvalue weighted by Crippen LogP contribution is -2.34. The Kier molecular flexibility index (Phi) is 2.79. The molecule has 8 nitrogen and oxygen atoms in total. The third-order valence-electron chi connectivity index (χ3n) is 2.15. The van der Waals surface area contributed by atoms with Crippen LogP contribution in [-0.4, -0.2) is 41.4 Å². The van der Waals surface area contributed by atoms with Crippen molar-refractivity contribution in [2.24, 2.45) is 0 Å². The summed E-state index contributed by atoms with van der Waals surface area (Å²) in [5.74, 6) is -0.500. The maximum atomic E-state index is 11.0. The van der Waals surface area contributed by atoms with Crippen molar-refractivity contribution in [3.05, 3.63) is 6.20 Å². The molecule has 0 aliphatic carbocycles. The molecule has 17 heavy (non-hydrogen) atoms. The normalized spacial score (nSPS) is 19.3. The molecule has 0 saturated carbocycles. The second kappa shape index (κ2) is 4.00. The first-order valence-corrected chi connectivity index (χ1v) is 6.15. The monoisotopic (exact) mass is 262 g/mol. The number of rotatable bonds is 2. The lowest BCUT2D eigenvalue weighted by atomic mass is 10.3. The first kappa shape index (κ1) is 11.9. The zero-order chi connectivity index (χ0) is 12.6. The van der Waals surface area contributed by atoms with Crippen LogP contribution in [-0.2, 0) is 26.2 Å². The maximum Gasteiger partial charge on any atom is 0.303 e. The Hall–Kier alpha value is -1.61. The Labute approximate surface area is 96.9 Å². The fraction of sp³-hybridized carbons (Fsp3) is 0.500. The minimum absolute atomic E-state index is 0.0216. The number of hydrogen-bond acceptors (Lipinski definition) is 6. The number of aromatic nitrogens is 2. The van der Waals surface area contributed by atoms with Gasteiger partial charge in [0, 0.05) is 6.92 Å². The van der Waals surface area contributed by atoms with E-state index in [9.17, 15) is 13.2 Å². The van der Waals surface area contributed by atoms with Crippen molar-refractivity contribution in [2.45, 2.75) is 24.5 Å². The highest BCUT2D eigenvalue weighted by atomic mass is 32.2. The summed E-state index contributed by atoms with van der Waals surface area (Å²) in [6.45, 7) is 1.47. The van der Waals surface area contributed by atoms with Crippen LogP contribution in [0.1, 0.15) is 6.92 Å². The molecule has 0 radical (unpaired) electrons. The minimum Gasteiger partial charge on any atom is -0.473 e. The molecule has 0 bridgehead atoms. The summed E-state index contributed by atoms with van der Waals surface area (Å²) >= 11 is 0. The lowest BCUT2D eigenvalue weighted by Gasteiger charge is -2.23. The van der Waals surface area contributed by atoms with Gasteiger partial charge in [-0.25, -0.2) is 4.68 Å². The molecule has 0 spiro atoms. The molecule has 94 valence electrons. The van der Waals surface area contributed by atoms with Gasteiger partial charge in [0.25, 0.3) is 0 Å². The van der Waals surface area contributed by atoms with Crippen LogP contribution < -0.4 is 4.74 Å². The smallest absolute Gasteiger partial charge is 0.303 e. The molecule has 1 aromatic heterocycles. The van der Waals surface area contributed by atoms with Gasteiger partial charge < -0.3 is 9.47 Å². The Morgan fingerprint density at radius 3 is 3.00 bits per heavy atom. The van der Waals surface area contributed by atoms with E-state index < -0.39 is 27.1 Å². The van der Waals surface area contributed by atoms with Crippen LogP contribution in [0.3, 0.4) is 0 Å². The van der Waals surface area contributed by atoms with Crippen molar-refractivity contribution < 1.29 is 27.2 Å². The summed E-state index contributed by atoms with van der Waals surface area (Å²) in [6, 6.07) is 0. The Morgan fingerprint density at radius 1 is 1.71 bits per heavy atom. The predicted octanol–water partition coefficient (Wildman–Crippen LogP) is -0.546. The molecular formula is C8H10N2O6S. The number of esters is 1. The molecule has 2 rings (SSSR count). The van der Waals surface area contributed by atoms with Gasteiger partial charge in [0.2, 0.25) is 5.88 Å². The summed E-state index contributed by atoms with van der Waals surface area (Å²) in [4.78, 5) is 10.4. The highest BCUT2D eigenvalue weighted by Gasteiger charge is 2.29. The summed E-state index contributed by atoms with van der Waals surface area (Å²) in [7, 11) is -4.36. The van der Waals surface area contributed by atoms with Crippen molar-refractivity contribution in [3.8, 4) is 5.88 Å².